The quantitative estimate of drug-likeness (QED) is 0.563. The lowest BCUT2D eigenvalue weighted by Gasteiger charge is -2.10. The topological polar surface area (TPSA) is 116 Å². The molecular weight excluding hydrogens is 368 g/mol. The van der Waals surface area contributed by atoms with Crippen molar-refractivity contribution < 1.29 is 4.79 Å². The number of aryl methyl sites for hydroxylation is 2. The van der Waals surface area contributed by atoms with Crippen molar-refractivity contribution in [1.82, 2.24) is 19.6 Å². The van der Waals surface area contributed by atoms with E-state index in [-0.39, 0.29) is 22.5 Å². The maximum Gasteiger partial charge on any atom is 0.261 e. The number of aromatic nitrogens is 4. The summed E-state index contributed by atoms with van der Waals surface area (Å²) in [5.74, 6) is -0.627. The number of carbonyl (C=O) groups excluding carboxylic acids is 1. The molecule has 3 heterocycles. The zero-order valence-corrected chi connectivity index (χ0v) is 15.7. The van der Waals surface area contributed by atoms with E-state index in [2.05, 4.69) is 20.4 Å². The molecule has 3 aromatic heterocycles. The van der Waals surface area contributed by atoms with Crippen LogP contribution in [0, 0.1) is 25.2 Å². The van der Waals surface area contributed by atoms with Crippen LogP contribution in [0.5, 0.6) is 0 Å². The van der Waals surface area contributed by atoms with Crippen molar-refractivity contribution >= 4 is 17.2 Å². The molecule has 0 spiro atoms. The zero-order chi connectivity index (χ0) is 20.5. The molecule has 142 valence electrons. The monoisotopic (exact) mass is 384 g/mol. The van der Waals surface area contributed by atoms with Crippen LogP contribution < -0.4 is 10.7 Å². The molecule has 0 aliphatic heterocycles. The molecule has 0 fully saturated rings. The fourth-order valence-electron chi connectivity index (χ4n) is 3.28. The van der Waals surface area contributed by atoms with Gasteiger partial charge in [0.05, 0.1) is 28.8 Å². The molecule has 2 N–H and O–H groups in total. The minimum absolute atomic E-state index is 0.0603. The Kier molecular flexibility index (Phi) is 4.41. The van der Waals surface area contributed by atoms with E-state index in [1.807, 2.05) is 43.3 Å². The number of carbonyl (C=O) groups is 1. The standard InChI is InChI=1S/C21H16N6O2/c1-12-17(21(29)25-16-11-23-9-8-15(16)10-22)19(28)20-24-13(2)18(27(20)26-12)14-6-4-3-5-7-14/h3-9,11,26H,1-2H3,(H,25,29). The number of aromatic amines is 1. The van der Waals surface area contributed by atoms with Crippen molar-refractivity contribution in [2.75, 3.05) is 5.32 Å². The molecule has 0 saturated heterocycles. The normalized spacial score (nSPS) is 10.7. The van der Waals surface area contributed by atoms with Gasteiger partial charge >= 0.3 is 0 Å². The average molecular weight is 384 g/mol. The number of hydrogen-bond acceptors (Lipinski definition) is 5. The van der Waals surface area contributed by atoms with Crippen LogP contribution in [0.25, 0.3) is 16.9 Å². The minimum Gasteiger partial charge on any atom is -0.319 e. The number of rotatable bonds is 3. The number of amides is 1. The zero-order valence-electron chi connectivity index (χ0n) is 15.7. The van der Waals surface area contributed by atoms with Gasteiger partial charge in [0.25, 0.3) is 5.91 Å². The Hall–Kier alpha value is -4.25. The average Bonchev–Trinajstić information content (AvgIpc) is 3.05. The Morgan fingerprint density at radius 1 is 1.21 bits per heavy atom. The fourth-order valence-corrected chi connectivity index (χ4v) is 3.28. The van der Waals surface area contributed by atoms with Gasteiger partial charge in [-0.2, -0.15) is 5.26 Å². The molecule has 0 aliphatic carbocycles. The van der Waals surface area contributed by atoms with E-state index in [0.29, 0.717) is 11.4 Å². The van der Waals surface area contributed by atoms with Gasteiger partial charge in [-0.15, -0.1) is 0 Å². The smallest absolute Gasteiger partial charge is 0.261 e. The highest BCUT2D eigenvalue weighted by atomic mass is 16.2. The van der Waals surface area contributed by atoms with Gasteiger partial charge in [-0.25, -0.2) is 9.50 Å². The predicted octanol–water partition coefficient (Wildman–Crippen LogP) is 2.83. The fraction of sp³-hybridized carbons (Fsp3) is 0.0952. The van der Waals surface area contributed by atoms with E-state index in [0.717, 1.165) is 11.3 Å². The van der Waals surface area contributed by atoms with E-state index in [4.69, 9.17) is 0 Å². The van der Waals surface area contributed by atoms with Gasteiger partial charge in [0, 0.05) is 17.5 Å². The predicted molar refractivity (Wildman–Crippen MR) is 108 cm³/mol. The van der Waals surface area contributed by atoms with Crippen LogP contribution in [0.15, 0.2) is 53.6 Å². The van der Waals surface area contributed by atoms with Crippen LogP contribution in [0.3, 0.4) is 0 Å². The summed E-state index contributed by atoms with van der Waals surface area (Å²) in [6, 6.07) is 13.0. The second-order valence-electron chi connectivity index (χ2n) is 6.50. The number of nitrogens with zero attached hydrogens (tertiary/aromatic N) is 4. The van der Waals surface area contributed by atoms with Crippen LogP contribution >= 0.6 is 0 Å². The number of H-pyrrole nitrogens is 1. The third-order valence-corrected chi connectivity index (χ3v) is 4.60. The van der Waals surface area contributed by atoms with Crippen LogP contribution in [0.1, 0.15) is 27.3 Å². The van der Waals surface area contributed by atoms with Crippen molar-refractivity contribution in [2.45, 2.75) is 13.8 Å². The maximum atomic E-state index is 13.1. The lowest BCUT2D eigenvalue weighted by atomic mass is 10.1. The molecule has 8 nitrogen and oxygen atoms in total. The summed E-state index contributed by atoms with van der Waals surface area (Å²) in [7, 11) is 0. The van der Waals surface area contributed by atoms with E-state index < -0.39 is 11.3 Å². The molecule has 4 aromatic rings. The number of fused-ring (bicyclic) bond motifs is 1. The Morgan fingerprint density at radius 2 is 1.97 bits per heavy atom. The van der Waals surface area contributed by atoms with Gasteiger partial charge in [-0.1, -0.05) is 30.3 Å². The highest BCUT2D eigenvalue weighted by Gasteiger charge is 2.22. The number of nitrogens with one attached hydrogen (secondary N) is 2. The summed E-state index contributed by atoms with van der Waals surface area (Å²) in [6.45, 7) is 3.46. The number of imidazole rings is 1. The molecule has 29 heavy (non-hydrogen) atoms. The van der Waals surface area contributed by atoms with E-state index in [9.17, 15) is 14.9 Å². The molecule has 0 saturated carbocycles. The molecule has 0 aliphatic rings. The summed E-state index contributed by atoms with van der Waals surface area (Å²) in [4.78, 5) is 34.2. The van der Waals surface area contributed by atoms with Crippen LogP contribution in [-0.2, 0) is 0 Å². The second kappa shape index (κ2) is 7.05. The summed E-state index contributed by atoms with van der Waals surface area (Å²) < 4.78 is 1.60. The van der Waals surface area contributed by atoms with Crippen molar-refractivity contribution in [3.05, 3.63) is 81.5 Å². The molecule has 0 bridgehead atoms. The molecule has 1 aromatic carbocycles. The van der Waals surface area contributed by atoms with Gasteiger partial charge in [0.2, 0.25) is 11.1 Å². The first-order chi connectivity index (χ1) is 14.0. The van der Waals surface area contributed by atoms with Crippen molar-refractivity contribution in [3.63, 3.8) is 0 Å². The summed E-state index contributed by atoms with van der Waals surface area (Å²) in [5.41, 5.74) is 2.78. The first-order valence-corrected chi connectivity index (χ1v) is 8.84. The van der Waals surface area contributed by atoms with Gasteiger partial charge < -0.3 is 5.32 Å². The molecule has 4 rings (SSSR count). The van der Waals surface area contributed by atoms with Crippen LogP contribution in [-0.4, -0.2) is 25.5 Å². The highest BCUT2D eigenvalue weighted by Crippen LogP contribution is 2.23. The Morgan fingerprint density at radius 3 is 2.69 bits per heavy atom. The lowest BCUT2D eigenvalue weighted by molar-refractivity contribution is 0.102. The lowest BCUT2D eigenvalue weighted by Crippen LogP contribution is -2.26. The van der Waals surface area contributed by atoms with Crippen LogP contribution in [0.2, 0.25) is 0 Å². The van der Waals surface area contributed by atoms with Crippen molar-refractivity contribution in [2.24, 2.45) is 0 Å². The van der Waals surface area contributed by atoms with Gasteiger partial charge in [0.1, 0.15) is 11.6 Å². The van der Waals surface area contributed by atoms with E-state index >= 15 is 0 Å². The van der Waals surface area contributed by atoms with Crippen LogP contribution in [0.4, 0.5) is 5.69 Å². The first kappa shape index (κ1) is 18.1. The van der Waals surface area contributed by atoms with E-state index in [1.165, 1.54) is 18.5 Å². The number of pyridine rings is 1. The number of benzene rings is 1. The second-order valence-corrected chi connectivity index (χ2v) is 6.50. The maximum absolute atomic E-state index is 13.1. The third-order valence-electron chi connectivity index (χ3n) is 4.60. The third kappa shape index (κ3) is 3.04. The molecule has 0 atom stereocenters. The molecule has 0 unspecified atom stereocenters. The minimum atomic E-state index is -0.627. The molecule has 8 heteroatoms. The Bertz CT molecular complexity index is 1350. The van der Waals surface area contributed by atoms with Gasteiger partial charge in [0.15, 0.2) is 0 Å². The molecule has 0 radical (unpaired) electrons. The highest BCUT2D eigenvalue weighted by molar-refractivity contribution is 6.06. The largest absolute Gasteiger partial charge is 0.319 e. The summed E-state index contributed by atoms with van der Waals surface area (Å²) in [6.07, 6.45) is 2.82. The number of hydrogen-bond donors (Lipinski definition) is 2. The summed E-state index contributed by atoms with van der Waals surface area (Å²) >= 11 is 0. The molecule has 1 amide bonds. The number of nitriles is 1. The van der Waals surface area contributed by atoms with E-state index in [1.54, 1.807) is 11.4 Å². The van der Waals surface area contributed by atoms with Gasteiger partial charge in [-0.3, -0.25) is 19.7 Å². The summed E-state index contributed by atoms with van der Waals surface area (Å²) in [5, 5.41) is 14.9. The Balaban J connectivity index is 1.84. The molecular formula is C21H16N6O2. The number of anilines is 1. The van der Waals surface area contributed by atoms with Crippen molar-refractivity contribution in [1.29, 1.82) is 5.26 Å². The van der Waals surface area contributed by atoms with Crippen molar-refractivity contribution in [3.8, 4) is 17.3 Å². The van der Waals surface area contributed by atoms with Gasteiger partial charge in [-0.05, 0) is 19.9 Å². The SMILES string of the molecule is Cc1nc2c(=O)c(C(=O)Nc3cnccc3C#N)c(C)[nH]n2c1-c1ccccc1. The Labute approximate surface area is 165 Å². The first-order valence-electron chi connectivity index (χ1n) is 8.84.